The van der Waals surface area contributed by atoms with Crippen molar-refractivity contribution in [3.05, 3.63) is 0 Å². The largest absolute Gasteiger partial charge is 0.481 e. The van der Waals surface area contributed by atoms with Crippen LogP contribution in [0.25, 0.3) is 0 Å². The highest BCUT2D eigenvalue weighted by Gasteiger charge is 2.28. The number of aliphatic carboxylic acids is 1. The Morgan fingerprint density at radius 1 is 1.53 bits per heavy atom. The third-order valence-electron chi connectivity index (χ3n) is 3.33. The number of carbonyl (C=O) groups excluding carboxylic acids is 1. The fourth-order valence-electron chi connectivity index (χ4n) is 2.11. The number of carboxylic acid groups (broad SMARTS) is 1. The van der Waals surface area contributed by atoms with E-state index in [1.165, 1.54) is 0 Å². The lowest BCUT2D eigenvalue weighted by atomic mass is 10.1. The average molecular weight is 272 g/mol. The van der Waals surface area contributed by atoms with Gasteiger partial charge in [-0.3, -0.25) is 14.5 Å². The van der Waals surface area contributed by atoms with Gasteiger partial charge in [-0.2, -0.15) is 0 Å². The number of hydrogen-bond acceptors (Lipinski definition) is 4. The van der Waals surface area contributed by atoms with Gasteiger partial charge >= 0.3 is 5.97 Å². The van der Waals surface area contributed by atoms with E-state index in [1.807, 2.05) is 11.8 Å². The van der Waals surface area contributed by atoms with Gasteiger partial charge in [-0.1, -0.05) is 13.3 Å². The number of morpholine rings is 1. The number of unbranched alkanes of at least 4 members (excludes halogenated alkanes) is 1. The highest BCUT2D eigenvalue weighted by atomic mass is 16.5. The van der Waals surface area contributed by atoms with E-state index in [2.05, 4.69) is 12.2 Å². The number of hydrogen-bond donors (Lipinski definition) is 2. The maximum absolute atomic E-state index is 11.9. The Hall–Kier alpha value is -1.14. The molecule has 2 unspecified atom stereocenters. The van der Waals surface area contributed by atoms with Gasteiger partial charge in [-0.15, -0.1) is 0 Å². The number of nitrogens with zero attached hydrogens (tertiary/aromatic N) is 1. The van der Waals surface area contributed by atoms with Crippen molar-refractivity contribution >= 4 is 11.9 Å². The average Bonchev–Trinajstić information content (AvgIpc) is 2.37. The topological polar surface area (TPSA) is 78.9 Å². The molecule has 1 fully saturated rings. The first-order valence-corrected chi connectivity index (χ1v) is 6.89. The molecule has 19 heavy (non-hydrogen) atoms. The maximum atomic E-state index is 11.9. The first kappa shape index (κ1) is 15.9. The Morgan fingerprint density at radius 2 is 2.26 bits per heavy atom. The second kappa shape index (κ2) is 8.12. The number of ether oxygens (including phenoxy) is 1. The summed E-state index contributed by atoms with van der Waals surface area (Å²) in [6.45, 7) is 6.26. The molecule has 6 heteroatoms. The Kier molecular flexibility index (Phi) is 6.80. The molecule has 110 valence electrons. The lowest BCUT2D eigenvalue weighted by Gasteiger charge is -2.35. The second-order valence-electron chi connectivity index (χ2n) is 4.91. The van der Waals surface area contributed by atoms with E-state index >= 15 is 0 Å². The summed E-state index contributed by atoms with van der Waals surface area (Å²) in [6.07, 6.45) is 1.69. The van der Waals surface area contributed by atoms with Gasteiger partial charge in [0.25, 0.3) is 0 Å². The number of rotatable bonds is 7. The highest BCUT2D eigenvalue weighted by molar-refractivity contribution is 5.81. The van der Waals surface area contributed by atoms with Crippen LogP contribution in [-0.4, -0.2) is 60.3 Å². The molecule has 0 aliphatic carbocycles. The van der Waals surface area contributed by atoms with E-state index in [-0.39, 0.29) is 24.5 Å². The summed E-state index contributed by atoms with van der Waals surface area (Å²) in [5.41, 5.74) is 0. The van der Waals surface area contributed by atoms with Crippen LogP contribution < -0.4 is 5.32 Å². The number of nitrogens with one attached hydrogen (secondary N) is 1. The van der Waals surface area contributed by atoms with Gasteiger partial charge in [0.05, 0.1) is 25.2 Å². The summed E-state index contributed by atoms with van der Waals surface area (Å²) in [7, 11) is 0. The van der Waals surface area contributed by atoms with Gasteiger partial charge in [0.15, 0.2) is 0 Å². The zero-order valence-corrected chi connectivity index (χ0v) is 11.7. The number of carboxylic acids is 1. The first-order valence-electron chi connectivity index (χ1n) is 6.89. The Morgan fingerprint density at radius 3 is 2.89 bits per heavy atom. The molecular weight excluding hydrogens is 248 g/mol. The molecule has 0 spiro atoms. The van der Waals surface area contributed by atoms with Crippen molar-refractivity contribution in [2.45, 2.75) is 45.3 Å². The third-order valence-corrected chi connectivity index (χ3v) is 3.33. The molecule has 1 aliphatic rings. The van der Waals surface area contributed by atoms with E-state index in [0.29, 0.717) is 26.2 Å². The van der Waals surface area contributed by atoms with Crippen LogP contribution in [0.1, 0.15) is 33.1 Å². The van der Waals surface area contributed by atoms with Gasteiger partial charge in [0.1, 0.15) is 0 Å². The van der Waals surface area contributed by atoms with Gasteiger partial charge in [-0.25, -0.2) is 0 Å². The summed E-state index contributed by atoms with van der Waals surface area (Å²) in [5, 5.41) is 11.7. The zero-order valence-electron chi connectivity index (χ0n) is 11.7. The first-order chi connectivity index (χ1) is 9.04. The van der Waals surface area contributed by atoms with Gasteiger partial charge in [-0.05, 0) is 13.3 Å². The normalized spacial score (nSPS) is 21.9. The van der Waals surface area contributed by atoms with Crippen molar-refractivity contribution < 1.29 is 19.4 Å². The minimum atomic E-state index is -0.869. The molecule has 1 amide bonds. The van der Waals surface area contributed by atoms with Crippen LogP contribution in [0.2, 0.25) is 0 Å². The molecule has 1 saturated heterocycles. The van der Waals surface area contributed by atoms with Crippen LogP contribution in [0, 0.1) is 0 Å². The fourth-order valence-corrected chi connectivity index (χ4v) is 2.11. The van der Waals surface area contributed by atoms with E-state index in [4.69, 9.17) is 9.84 Å². The molecular formula is C13H24N2O4. The summed E-state index contributed by atoms with van der Waals surface area (Å²) < 4.78 is 5.39. The molecule has 0 aromatic rings. The molecule has 0 aromatic heterocycles. The molecule has 2 N–H and O–H groups in total. The van der Waals surface area contributed by atoms with Crippen molar-refractivity contribution in [2.24, 2.45) is 0 Å². The maximum Gasteiger partial charge on any atom is 0.306 e. The van der Waals surface area contributed by atoms with Crippen molar-refractivity contribution in [1.29, 1.82) is 0 Å². The molecule has 0 bridgehead atoms. The SMILES string of the molecule is CCCCNC(=O)C(C)N1CCOC(CC(=O)O)C1. The third kappa shape index (κ3) is 5.57. The molecule has 1 heterocycles. The van der Waals surface area contributed by atoms with Crippen molar-refractivity contribution in [1.82, 2.24) is 10.2 Å². The quantitative estimate of drug-likeness (QED) is 0.659. The summed E-state index contributed by atoms with van der Waals surface area (Å²) >= 11 is 0. The van der Waals surface area contributed by atoms with Crippen molar-refractivity contribution in [3.8, 4) is 0 Å². The Bertz CT molecular complexity index is 309. The van der Waals surface area contributed by atoms with Crippen LogP contribution in [-0.2, 0) is 14.3 Å². The Labute approximate surface area is 114 Å². The molecule has 0 saturated carbocycles. The monoisotopic (exact) mass is 272 g/mol. The predicted octanol–water partition coefficient (Wildman–Crippen LogP) is 0.467. The molecule has 6 nitrogen and oxygen atoms in total. The van der Waals surface area contributed by atoms with Gasteiger partial charge in [0, 0.05) is 19.6 Å². The lowest BCUT2D eigenvalue weighted by Crippen LogP contribution is -2.52. The van der Waals surface area contributed by atoms with Crippen LogP contribution in [0.4, 0.5) is 0 Å². The van der Waals surface area contributed by atoms with Gasteiger partial charge < -0.3 is 15.2 Å². The van der Waals surface area contributed by atoms with Crippen LogP contribution in [0.3, 0.4) is 0 Å². The second-order valence-corrected chi connectivity index (χ2v) is 4.91. The smallest absolute Gasteiger partial charge is 0.306 e. The number of amides is 1. The fraction of sp³-hybridized carbons (Fsp3) is 0.846. The summed E-state index contributed by atoms with van der Waals surface area (Å²) in [5.74, 6) is -0.865. The van der Waals surface area contributed by atoms with Crippen LogP contribution >= 0.6 is 0 Å². The van der Waals surface area contributed by atoms with E-state index in [0.717, 1.165) is 12.8 Å². The minimum absolute atomic E-state index is 0.00410. The Balaban J connectivity index is 2.40. The summed E-state index contributed by atoms with van der Waals surface area (Å²) in [4.78, 5) is 24.6. The number of carbonyl (C=O) groups is 2. The lowest BCUT2D eigenvalue weighted by molar-refractivity contribution is -0.143. The highest BCUT2D eigenvalue weighted by Crippen LogP contribution is 2.12. The molecule has 1 aliphatic heterocycles. The predicted molar refractivity (Wildman–Crippen MR) is 70.9 cm³/mol. The molecule has 1 rings (SSSR count). The van der Waals surface area contributed by atoms with Gasteiger partial charge in [0.2, 0.25) is 5.91 Å². The standard InChI is InChI=1S/C13H24N2O4/c1-3-4-5-14-13(18)10(2)15-6-7-19-11(9-15)8-12(16)17/h10-11H,3-9H2,1-2H3,(H,14,18)(H,16,17). The van der Waals surface area contributed by atoms with Crippen LogP contribution in [0.5, 0.6) is 0 Å². The van der Waals surface area contributed by atoms with Crippen molar-refractivity contribution in [3.63, 3.8) is 0 Å². The molecule has 2 atom stereocenters. The summed E-state index contributed by atoms with van der Waals surface area (Å²) in [6, 6.07) is -0.239. The van der Waals surface area contributed by atoms with E-state index < -0.39 is 5.97 Å². The zero-order chi connectivity index (χ0) is 14.3. The van der Waals surface area contributed by atoms with Crippen LogP contribution in [0.15, 0.2) is 0 Å². The molecule has 0 radical (unpaired) electrons. The van der Waals surface area contributed by atoms with E-state index in [9.17, 15) is 9.59 Å². The van der Waals surface area contributed by atoms with Crippen molar-refractivity contribution in [2.75, 3.05) is 26.2 Å². The minimum Gasteiger partial charge on any atom is -0.481 e. The van der Waals surface area contributed by atoms with E-state index in [1.54, 1.807) is 0 Å². The molecule has 0 aromatic carbocycles.